The molecule has 2 aliphatic heterocycles. The fraction of sp³-hybridized carbons (Fsp3) is 1.00. The van der Waals surface area contributed by atoms with Gasteiger partial charge in [-0.15, -0.1) is 0 Å². The van der Waals surface area contributed by atoms with E-state index in [1.165, 1.54) is 51.7 Å². The third-order valence-corrected chi connectivity index (χ3v) is 4.49. The monoisotopic (exact) mass is 238 g/mol. The molecule has 0 bridgehead atoms. The number of nitrogens with one attached hydrogen (secondary N) is 1. The number of ether oxygens (including phenoxy) is 1. The van der Waals surface area contributed by atoms with Crippen LogP contribution in [0.25, 0.3) is 0 Å². The van der Waals surface area contributed by atoms with E-state index in [0.29, 0.717) is 12.2 Å². The lowest BCUT2D eigenvalue weighted by atomic mass is 10.1. The van der Waals surface area contributed by atoms with E-state index in [-0.39, 0.29) is 0 Å². The molecule has 1 saturated carbocycles. The molecule has 98 valence electrons. The first-order chi connectivity index (χ1) is 8.31. The zero-order chi connectivity index (χ0) is 11.7. The highest BCUT2D eigenvalue weighted by Gasteiger charge is 2.34. The van der Waals surface area contributed by atoms with Crippen LogP contribution in [0.2, 0.25) is 0 Å². The molecular formula is C14H26N2O. The van der Waals surface area contributed by atoms with Crippen molar-refractivity contribution >= 4 is 0 Å². The van der Waals surface area contributed by atoms with Gasteiger partial charge < -0.3 is 10.1 Å². The maximum Gasteiger partial charge on any atom is 0.0706 e. The third-order valence-electron chi connectivity index (χ3n) is 4.49. The molecule has 3 heteroatoms. The predicted molar refractivity (Wildman–Crippen MR) is 69.1 cm³/mol. The Hall–Kier alpha value is -0.120. The lowest BCUT2D eigenvalue weighted by molar-refractivity contribution is 0.0308. The van der Waals surface area contributed by atoms with Crippen LogP contribution in [0.15, 0.2) is 0 Å². The van der Waals surface area contributed by atoms with Crippen LogP contribution in [-0.2, 0) is 4.74 Å². The Bertz CT molecular complexity index is 255. The molecule has 3 rings (SSSR count). The quantitative estimate of drug-likeness (QED) is 0.809. The van der Waals surface area contributed by atoms with Gasteiger partial charge in [-0.3, -0.25) is 4.90 Å². The van der Waals surface area contributed by atoms with E-state index in [0.717, 1.165) is 18.5 Å². The van der Waals surface area contributed by atoms with Gasteiger partial charge >= 0.3 is 0 Å². The van der Waals surface area contributed by atoms with Crippen molar-refractivity contribution < 1.29 is 4.74 Å². The van der Waals surface area contributed by atoms with Crippen molar-refractivity contribution in [3.63, 3.8) is 0 Å². The second kappa shape index (κ2) is 5.25. The number of nitrogens with zero attached hydrogens (tertiary/aromatic N) is 1. The van der Waals surface area contributed by atoms with Crippen LogP contribution < -0.4 is 5.32 Å². The Morgan fingerprint density at radius 2 is 2.12 bits per heavy atom. The molecule has 3 fully saturated rings. The van der Waals surface area contributed by atoms with Crippen LogP contribution in [0, 0.1) is 5.92 Å². The van der Waals surface area contributed by atoms with E-state index in [1.807, 2.05) is 0 Å². The first-order valence-electron chi connectivity index (χ1n) is 7.42. The van der Waals surface area contributed by atoms with Gasteiger partial charge in [0.2, 0.25) is 0 Å². The van der Waals surface area contributed by atoms with E-state index in [1.54, 1.807) is 0 Å². The summed E-state index contributed by atoms with van der Waals surface area (Å²) in [5.74, 6) is 0.971. The molecule has 0 amide bonds. The van der Waals surface area contributed by atoms with Gasteiger partial charge in [-0.1, -0.05) is 0 Å². The second-order valence-electron chi connectivity index (χ2n) is 6.16. The van der Waals surface area contributed by atoms with Crippen LogP contribution >= 0.6 is 0 Å². The molecule has 3 aliphatic rings. The zero-order valence-corrected chi connectivity index (χ0v) is 11.0. The summed E-state index contributed by atoms with van der Waals surface area (Å²) in [4.78, 5) is 2.64. The smallest absolute Gasteiger partial charge is 0.0706 e. The Morgan fingerprint density at radius 1 is 1.24 bits per heavy atom. The van der Waals surface area contributed by atoms with Gasteiger partial charge in [0.25, 0.3) is 0 Å². The van der Waals surface area contributed by atoms with Gasteiger partial charge in [-0.25, -0.2) is 0 Å². The zero-order valence-electron chi connectivity index (χ0n) is 11.0. The SMILES string of the molecule is CC1CCC(CN2CCCNC(C3CC3)C2)O1. The van der Waals surface area contributed by atoms with Gasteiger partial charge in [0, 0.05) is 19.1 Å². The van der Waals surface area contributed by atoms with Crippen LogP contribution in [0.4, 0.5) is 0 Å². The van der Waals surface area contributed by atoms with Crippen LogP contribution in [0.5, 0.6) is 0 Å². The van der Waals surface area contributed by atoms with Crippen molar-refractivity contribution in [3.8, 4) is 0 Å². The summed E-state index contributed by atoms with van der Waals surface area (Å²) in [6.45, 7) is 7.08. The van der Waals surface area contributed by atoms with Gasteiger partial charge in [0.1, 0.15) is 0 Å². The fourth-order valence-corrected chi connectivity index (χ4v) is 3.31. The van der Waals surface area contributed by atoms with Crippen LogP contribution in [-0.4, -0.2) is 49.3 Å². The van der Waals surface area contributed by atoms with Crippen molar-refractivity contribution in [1.29, 1.82) is 0 Å². The van der Waals surface area contributed by atoms with Crippen molar-refractivity contribution in [1.82, 2.24) is 10.2 Å². The predicted octanol–water partition coefficient (Wildman–Crippen LogP) is 1.63. The highest BCUT2D eigenvalue weighted by atomic mass is 16.5. The average molecular weight is 238 g/mol. The van der Waals surface area contributed by atoms with Gasteiger partial charge in [-0.2, -0.15) is 0 Å². The molecular weight excluding hydrogens is 212 g/mol. The molecule has 0 aromatic carbocycles. The summed E-state index contributed by atoms with van der Waals surface area (Å²) in [6, 6.07) is 0.760. The summed E-state index contributed by atoms with van der Waals surface area (Å²) >= 11 is 0. The van der Waals surface area contributed by atoms with E-state index in [9.17, 15) is 0 Å². The second-order valence-corrected chi connectivity index (χ2v) is 6.16. The van der Waals surface area contributed by atoms with E-state index in [4.69, 9.17) is 4.74 Å². The molecule has 0 radical (unpaired) electrons. The molecule has 1 aliphatic carbocycles. The lowest BCUT2D eigenvalue weighted by Gasteiger charge is -2.26. The molecule has 2 saturated heterocycles. The average Bonchev–Trinajstić information content (AvgIpc) is 3.07. The molecule has 0 spiro atoms. The largest absolute Gasteiger partial charge is 0.374 e. The van der Waals surface area contributed by atoms with Gasteiger partial charge in [0.05, 0.1) is 12.2 Å². The van der Waals surface area contributed by atoms with Crippen LogP contribution in [0.1, 0.15) is 39.0 Å². The van der Waals surface area contributed by atoms with E-state index >= 15 is 0 Å². The molecule has 3 unspecified atom stereocenters. The fourth-order valence-electron chi connectivity index (χ4n) is 3.31. The molecule has 3 atom stereocenters. The van der Waals surface area contributed by atoms with Crippen molar-refractivity contribution in [2.45, 2.75) is 57.3 Å². The maximum absolute atomic E-state index is 5.95. The molecule has 17 heavy (non-hydrogen) atoms. The molecule has 0 aromatic rings. The maximum atomic E-state index is 5.95. The minimum atomic E-state index is 0.490. The highest BCUT2D eigenvalue weighted by Crippen LogP contribution is 2.33. The van der Waals surface area contributed by atoms with Crippen molar-refractivity contribution in [2.24, 2.45) is 5.92 Å². The van der Waals surface area contributed by atoms with Gasteiger partial charge in [-0.05, 0) is 58.0 Å². The first kappa shape index (κ1) is 11.9. The first-order valence-corrected chi connectivity index (χ1v) is 7.42. The summed E-state index contributed by atoms with van der Waals surface area (Å²) < 4.78 is 5.95. The number of hydrogen-bond donors (Lipinski definition) is 1. The van der Waals surface area contributed by atoms with Crippen molar-refractivity contribution in [3.05, 3.63) is 0 Å². The summed E-state index contributed by atoms with van der Waals surface area (Å²) in [5, 5.41) is 3.72. The van der Waals surface area contributed by atoms with Crippen LogP contribution in [0.3, 0.4) is 0 Å². The lowest BCUT2D eigenvalue weighted by Crippen LogP contribution is -2.41. The molecule has 0 aromatic heterocycles. The van der Waals surface area contributed by atoms with Crippen molar-refractivity contribution in [2.75, 3.05) is 26.2 Å². The van der Waals surface area contributed by atoms with E-state index < -0.39 is 0 Å². The highest BCUT2D eigenvalue weighted by molar-refractivity contribution is 4.90. The molecule has 3 nitrogen and oxygen atoms in total. The van der Waals surface area contributed by atoms with E-state index in [2.05, 4.69) is 17.1 Å². The molecule has 2 heterocycles. The Labute approximate surface area is 105 Å². The minimum absolute atomic E-state index is 0.490. The Morgan fingerprint density at radius 3 is 2.82 bits per heavy atom. The summed E-state index contributed by atoms with van der Waals surface area (Å²) in [6.07, 6.45) is 7.70. The summed E-state index contributed by atoms with van der Waals surface area (Å²) in [7, 11) is 0. The Balaban J connectivity index is 1.50. The standard InChI is InChI=1S/C14H26N2O/c1-11-3-6-13(17-11)9-16-8-2-7-15-14(10-16)12-4-5-12/h11-15H,2-10H2,1H3. The Kier molecular flexibility index (Phi) is 3.69. The minimum Gasteiger partial charge on any atom is -0.374 e. The number of rotatable bonds is 3. The summed E-state index contributed by atoms with van der Waals surface area (Å²) in [5.41, 5.74) is 0. The third kappa shape index (κ3) is 3.21. The number of hydrogen-bond acceptors (Lipinski definition) is 3. The normalized spacial score (nSPS) is 40.4. The van der Waals surface area contributed by atoms with Gasteiger partial charge in [0.15, 0.2) is 0 Å². The molecule has 1 N–H and O–H groups in total. The topological polar surface area (TPSA) is 24.5 Å².